The Labute approximate surface area is 197 Å². The van der Waals surface area contributed by atoms with Crippen LogP contribution in [0.4, 0.5) is 17.3 Å². The lowest BCUT2D eigenvalue weighted by atomic mass is 9.88. The zero-order valence-corrected chi connectivity index (χ0v) is 21.2. The van der Waals surface area contributed by atoms with Crippen molar-refractivity contribution in [2.24, 2.45) is 5.41 Å². The van der Waals surface area contributed by atoms with Crippen LogP contribution in [-0.2, 0) is 0 Å². The summed E-state index contributed by atoms with van der Waals surface area (Å²) in [4.78, 5) is 0. The van der Waals surface area contributed by atoms with Gasteiger partial charge in [0.2, 0.25) is 11.6 Å². The highest BCUT2D eigenvalue weighted by Crippen LogP contribution is 2.44. The van der Waals surface area contributed by atoms with E-state index in [1.807, 2.05) is 24.4 Å². The molecule has 0 bridgehead atoms. The number of hydrogen-bond acceptors (Lipinski definition) is 10. The highest BCUT2D eigenvalue weighted by molar-refractivity contribution is 7.99. The van der Waals surface area contributed by atoms with Gasteiger partial charge in [-0.15, -0.1) is 11.3 Å². The number of thiophene rings is 1. The average Bonchev–Trinajstić information content (AvgIpc) is 3.45. The molecule has 0 radical (unpaired) electrons. The first kappa shape index (κ1) is 24.5. The van der Waals surface area contributed by atoms with E-state index in [1.165, 1.54) is 11.3 Å². The molecule has 0 aliphatic rings. The number of aromatic nitrogens is 2. The summed E-state index contributed by atoms with van der Waals surface area (Å²) < 4.78 is 13.9. The van der Waals surface area contributed by atoms with Crippen molar-refractivity contribution < 1.29 is 14.2 Å². The molecule has 3 heterocycles. The van der Waals surface area contributed by atoms with Crippen LogP contribution in [0.15, 0.2) is 30.8 Å². The molecule has 1 atom stereocenters. The lowest BCUT2D eigenvalue weighted by Gasteiger charge is -2.23. The highest BCUT2D eigenvalue weighted by atomic mass is 32.2. The molecule has 176 valence electrons. The summed E-state index contributed by atoms with van der Waals surface area (Å²) in [5.41, 5.74) is 0.759. The van der Waals surface area contributed by atoms with Gasteiger partial charge in [-0.25, -0.2) is 8.93 Å². The lowest BCUT2D eigenvalue weighted by molar-refractivity contribution is 0.308. The lowest BCUT2D eigenvalue weighted by Crippen LogP contribution is -2.15. The molecule has 0 saturated carbocycles. The largest absolute Gasteiger partial charge is 0.504 e. The Morgan fingerprint density at radius 1 is 1.19 bits per heavy atom. The van der Waals surface area contributed by atoms with E-state index < -0.39 is 0 Å². The molecule has 0 aromatic carbocycles. The van der Waals surface area contributed by atoms with Crippen LogP contribution in [0, 0.1) is 12.3 Å². The zero-order valence-electron chi connectivity index (χ0n) is 19.6. The van der Waals surface area contributed by atoms with E-state index in [0.717, 1.165) is 41.7 Å². The van der Waals surface area contributed by atoms with E-state index in [0.29, 0.717) is 17.3 Å². The number of nitrogens with zero attached hydrogens (tertiary/aromatic N) is 3. The summed E-state index contributed by atoms with van der Waals surface area (Å²) in [6.07, 6.45) is 1.85. The Morgan fingerprint density at radius 2 is 1.91 bits per heavy atom. The smallest absolute Gasteiger partial charge is 0.219 e. The third kappa shape index (κ3) is 6.43. The Kier molecular flexibility index (Phi) is 8.13. The van der Waals surface area contributed by atoms with Gasteiger partial charge in [0, 0.05) is 18.5 Å². The summed E-state index contributed by atoms with van der Waals surface area (Å²) in [7, 11) is 0. The van der Waals surface area contributed by atoms with Crippen molar-refractivity contribution >= 4 is 40.6 Å². The maximum atomic E-state index is 10.7. The molecule has 0 amide bonds. The Balaban J connectivity index is 1.76. The fourth-order valence-electron chi connectivity index (χ4n) is 3.12. The van der Waals surface area contributed by atoms with E-state index in [4.69, 9.17) is 9.05 Å². The van der Waals surface area contributed by atoms with Gasteiger partial charge in [0.1, 0.15) is 15.7 Å². The summed E-state index contributed by atoms with van der Waals surface area (Å²) in [6.45, 7) is 14.6. The number of rotatable bonds is 11. The molecule has 0 saturated heterocycles. The number of nitrogens with one attached hydrogen (secondary N) is 2. The number of aromatic hydroxyl groups is 1. The second-order valence-corrected chi connectivity index (χ2v) is 11.1. The van der Waals surface area contributed by atoms with Crippen LogP contribution in [-0.4, -0.2) is 32.8 Å². The zero-order chi connectivity index (χ0) is 23.3. The molecular weight excluding hydrogens is 446 g/mol. The normalized spacial score (nSPS) is 13.0. The van der Waals surface area contributed by atoms with Crippen LogP contribution in [0.1, 0.15) is 65.0 Å². The van der Waals surface area contributed by atoms with Crippen molar-refractivity contribution in [1.82, 2.24) is 14.6 Å². The number of hydrogen-bond donors (Lipinski definition) is 3. The molecule has 0 unspecified atom stereocenters. The van der Waals surface area contributed by atoms with Gasteiger partial charge in [0.05, 0.1) is 11.7 Å². The van der Waals surface area contributed by atoms with Crippen molar-refractivity contribution in [3.05, 3.63) is 29.0 Å². The van der Waals surface area contributed by atoms with Crippen LogP contribution in [0.3, 0.4) is 0 Å². The fourth-order valence-corrected chi connectivity index (χ4v) is 5.06. The van der Waals surface area contributed by atoms with Gasteiger partial charge >= 0.3 is 0 Å². The van der Waals surface area contributed by atoms with Crippen LogP contribution >= 0.6 is 23.3 Å². The summed E-state index contributed by atoms with van der Waals surface area (Å²) in [5, 5.41) is 27.2. The average molecular weight is 480 g/mol. The Hall–Kier alpha value is -2.17. The van der Waals surface area contributed by atoms with Crippen molar-refractivity contribution in [3.8, 4) is 5.75 Å². The van der Waals surface area contributed by atoms with Gasteiger partial charge in [-0.2, -0.15) is 0 Å². The van der Waals surface area contributed by atoms with Gasteiger partial charge in [-0.1, -0.05) is 34.6 Å². The minimum Gasteiger partial charge on any atom is -0.504 e. The number of furan rings is 1. The summed E-state index contributed by atoms with van der Waals surface area (Å²) in [6, 6.07) is 3.86. The second-order valence-electron chi connectivity index (χ2n) is 8.82. The van der Waals surface area contributed by atoms with Gasteiger partial charge < -0.3 is 20.2 Å². The molecule has 3 N–H and O–H groups in total. The maximum Gasteiger partial charge on any atom is 0.219 e. The predicted molar refractivity (Wildman–Crippen MR) is 131 cm³/mol. The molecule has 3 aromatic heterocycles. The molecule has 3 aromatic rings. The van der Waals surface area contributed by atoms with Gasteiger partial charge in [-0.05, 0) is 59.6 Å². The molecule has 8 nitrogen and oxygen atoms in total. The molecule has 10 heteroatoms. The Morgan fingerprint density at radius 3 is 2.53 bits per heavy atom. The van der Waals surface area contributed by atoms with Crippen LogP contribution in [0.2, 0.25) is 0 Å². The standard InChI is InChI=1S/C22H33N5O3S2/c1-7-27(8-2)32-21-18(28)16(13-31-21)24-20-19(25-30-26-20)23-15(11-12-22(4,5)6)17-10-9-14(3)29-17/h9-10,13,15,28H,7-8,11-12H2,1-6H3,(H,23,25)(H,24,26)/t15-/m1/s1. The number of aryl methyl sites for hydroxylation is 1. The Bertz CT molecular complexity index is 988. The molecule has 0 fully saturated rings. The maximum absolute atomic E-state index is 10.7. The predicted octanol–water partition coefficient (Wildman–Crippen LogP) is 6.81. The molecule has 32 heavy (non-hydrogen) atoms. The van der Waals surface area contributed by atoms with E-state index >= 15 is 0 Å². The third-order valence-corrected chi connectivity index (χ3v) is 7.40. The number of anilines is 3. The quantitative estimate of drug-likeness (QED) is 0.256. The minimum absolute atomic E-state index is 0.0831. The third-order valence-electron chi connectivity index (χ3n) is 4.99. The molecule has 0 aliphatic carbocycles. The monoisotopic (exact) mass is 479 g/mol. The molecular formula is C22H33N5O3S2. The van der Waals surface area contributed by atoms with Crippen molar-refractivity contribution in [3.63, 3.8) is 0 Å². The van der Waals surface area contributed by atoms with Gasteiger partial charge in [0.25, 0.3) is 0 Å². The van der Waals surface area contributed by atoms with Crippen molar-refractivity contribution in [2.45, 2.75) is 64.6 Å². The summed E-state index contributed by atoms with van der Waals surface area (Å²) in [5.74, 6) is 2.80. The van der Waals surface area contributed by atoms with Crippen molar-refractivity contribution in [1.29, 1.82) is 0 Å². The fraction of sp³-hybridized carbons (Fsp3) is 0.545. The van der Waals surface area contributed by atoms with E-state index in [2.05, 4.69) is 59.9 Å². The van der Waals surface area contributed by atoms with Crippen LogP contribution in [0.25, 0.3) is 0 Å². The molecule has 3 rings (SSSR count). The first-order valence-corrected chi connectivity index (χ1v) is 12.5. The van der Waals surface area contributed by atoms with Gasteiger partial charge in [-0.3, -0.25) is 0 Å². The minimum atomic E-state index is -0.0831. The van der Waals surface area contributed by atoms with Gasteiger partial charge in [0.15, 0.2) is 5.75 Å². The first-order valence-electron chi connectivity index (χ1n) is 10.9. The topological polar surface area (TPSA) is 99.6 Å². The summed E-state index contributed by atoms with van der Waals surface area (Å²) >= 11 is 3.03. The molecule has 0 aliphatic heterocycles. The SMILES string of the molecule is CCN(CC)Sc1scc(Nc2nonc2N[C@H](CCC(C)(C)C)c2ccc(C)o2)c1O. The van der Waals surface area contributed by atoms with E-state index in [1.54, 1.807) is 11.9 Å². The molecule has 0 spiro atoms. The van der Waals surface area contributed by atoms with Crippen LogP contribution in [0.5, 0.6) is 5.75 Å². The first-order chi connectivity index (χ1) is 15.2. The van der Waals surface area contributed by atoms with Crippen LogP contribution < -0.4 is 10.6 Å². The van der Waals surface area contributed by atoms with E-state index in [9.17, 15) is 5.11 Å². The second kappa shape index (κ2) is 10.6. The van der Waals surface area contributed by atoms with E-state index in [-0.39, 0.29) is 17.2 Å². The van der Waals surface area contributed by atoms with Crippen molar-refractivity contribution in [2.75, 3.05) is 23.7 Å². The highest BCUT2D eigenvalue weighted by Gasteiger charge is 2.23.